The molecule has 0 spiro atoms. The van der Waals surface area contributed by atoms with E-state index in [0.29, 0.717) is 0 Å². The molecule has 0 atom stereocenters. The molecule has 0 aliphatic carbocycles. The number of rotatable bonds is 1. The quantitative estimate of drug-likeness (QED) is 0.568. The lowest BCUT2D eigenvalue weighted by Crippen LogP contribution is -1.82. The van der Waals surface area contributed by atoms with Crippen LogP contribution in [0.2, 0.25) is 0 Å². The van der Waals surface area contributed by atoms with Gasteiger partial charge in [-0.25, -0.2) is 0 Å². The van der Waals surface area contributed by atoms with Gasteiger partial charge in [-0.2, -0.15) is 0 Å². The molecule has 0 radical (unpaired) electrons. The van der Waals surface area contributed by atoms with Crippen LogP contribution in [0, 0.1) is 0 Å². The van der Waals surface area contributed by atoms with Gasteiger partial charge in [0.05, 0.1) is 5.52 Å². The topological polar surface area (TPSA) is 12.9 Å². The van der Waals surface area contributed by atoms with Crippen molar-refractivity contribution in [1.29, 1.82) is 0 Å². The standard InChI is InChI=1S/C10H8IN.C2H6/c11-6-8-5-9-3-1-2-4-10(9)12-7-8;1-2/h1-5,7H,6H2;1-2H3. The van der Waals surface area contributed by atoms with Crippen LogP contribution in [0.5, 0.6) is 0 Å². The van der Waals surface area contributed by atoms with E-state index in [1.807, 2.05) is 38.2 Å². The first-order valence-corrected chi connectivity index (χ1v) is 6.32. The van der Waals surface area contributed by atoms with Crippen molar-refractivity contribution in [3.05, 3.63) is 42.1 Å². The molecule has 0 saturated heterocycles. The lowest BCUT2D eigenvalue weighted by Gasteiger charge is -1.98. The van der Waals surface area contributed by atoms with Crippen molar-refractivity contribution in [3.63, 3.8) is 0 Å². The van der Waals surface area contributed by atoms with E-state index in [4.69, 9.17) is 0 Å². The summed E-state index contributed by atoms with van der Waals surface area (Å²) in [7, 11) is 0. The van der Waals surface area contributed by atoms with Crippen molar-refractivity contribution in [3.8, 4) is 0 Å². The molecule has 2 heteroatoms. The molecular weight excluding hydrogens is 285 g/mol. The zero-order chi connectivity index (χ0) is 10.4. The van der Waals surface area contributed by atoms with Gasteiger partial charge in [-0.15, -0.1) is 0 Å². The molecule has 1 heterocycles. The van der Waals surface area contributed by atoms with Crippen molar-refractivity contribution in [2.75, 3.05) is 0 Å². The summed E-state index contributed by atoms with van der Waals surface area (Å²) in [5, 5.41) is 1.23. The van der Waals surface area contributed by atoms with E-state index < -0.39 is 0 Å². The van der Waals surface area contributed by atoms with Crippen LogP contribution in [0.3, 0.4) is 0 Å². The molecule has 1 nitrogen and oxygen atoms in total. The summed E-state index contributed by atoms with van der Waals surface area (Å²) in [6.45, 7) is 4.00. The van der Waals surface area contributed by atoms with E-state index in [1.54, 1.807) is 0 Å². The van der Waals surface area contributed by atoms with Gasteiger partial charge >= 0.3 is 0 Å². The Hall–Kier alpha value is -0.640. The van der Waals surface area contributed by atoms with Crippen molar-refractivity contribution in [2.45, 2.75) is 18.3 Å². The average molecular weight is 299 g/mol. The molecule has 0 N–H and O–H groups in total. The van der Waals surface area contributed by atoms with Crippen molar-refractivity contribution >= 4 is 33.5 Å². The average Bonchev–Trinajstić information content (AvgIpc) is 2.31. The zero-order valence-corrected chi connectivity index (χ0v) is 10.7. The molecule has 14 heavy (non-hydrogen) atoms. The minimum Gasteiger partial charge on any atom is -0.256 e. The summed E-state index contributed by atoms with van der Waals surface area (Å²) in [6, 6.07) is 10.4. The highest BCUT2D eigenvalue weighted by Gasteiger charge is 1.94. The van der Waals surface area contributed by atoms with Crippen LogP contribution < -0.4 is 0 Å². The fourth-order valence-electron chi connectivity index (χ4n) is 1.19. The van der Waals surface area contributed by atoms with Gasteiger partial charge in [0.2, 0.25) is 0 Å². The van der Waals surface area contributed by atoms with Crippen molar-refractivity contribution in [1.82, 2.24) is 4.98 Å². The number of benzene rings is 1. The van der Waals surface area contributed by atoms with Crippen LogP contribution in [0.1, 0.15) is 19.4 Å². The maximum atomic E-state index is 4.35. The monoisotopic (exact) mass is 299 g/mol. The van der Waals surface area contributed by atoms with Gasteiger partial charge in [-0.3, -0.25) is 4.98 Å². The Morgan fingerprint density at radius 1 is 1.21 bits per heavy atom. The highest BCUT2D eigenvalue weighted by Crippen LogP contribution is 2.14. The number of alkyl halides is 1. The van der Waals surface area contributed by atoms with Crippen LogP contribution in [0.4, 0.5) is 0 Å². The van der Waals surface area contributed by atoms with E-state index in [-0.39, 0.29) is 0 Å². The summed E-state index contributed by atoms with van der Waals surface area (Å²) >= 11 is 2.35. The first kappa shape index (κ1) is 11.4. The Labute approximate surface area is 98.7 Å². The number of halogens is 1. The SMILES string of the molecule is CC.ICc1cnc2ccccc2c1. The minimum absolute atomic E-state index is 1.02. The molecule has 0 aliphatic rings. The van der Waals surface area contributed by atoms with E-state index in [0.717, 1.165) is 9.94 Å². The highest BCUT2D eigenvalue weighted by molar-refractivity contribution is 14.1. The van der Waals surface area contributed by atoms with Gasteiger partial charge in [0.1, 0.15) is 0 Å². The van der Waals surface area contributed by atoms with Crippen molar-refractivity contribution in [2.24, 2.45) is 0 Å². The molecule has 0 aliphatic heterocycles. The van der Waals surface area contributed by atoms with Crippen LogP contribution in [0.25, 0.3) is 10.9 Å². The van der Waals surface area contributed by atoms with E-state index in [9.17, 15) is 0 Å². The lowest BCUT2D eigenvalue weighted by atomic mass is 10.2. The number of fused-ring (bicyclic) bond motifs is 1. The molecule has 0 amide bonds. The number of para-hydroxylation sites is 1. The predicted molar refractivity (Wildman–Crippen MR) is 70.8 cm³/mol. The van der Waals surface area contributed by atoms with E-state index in [1.165, 1.54) is 10.9 Å². The number of pyridine rings is 1. The summed E-state index contributed by atoms with van der Waals surface area (Å²) in [5.41, 5.74) is 2.36. The largest absolute Gasteiger partial charge is 0.256 e. The van der Waals surface area contributed by atoms with Crippen LogP contribution in [-0.4, -0.2) is 4.98 Å². The summed E-state index contributed by atoms with van der Waals surface area (Å²) in [4.78, 5) is 4.35. The van der Waals surface area contributed by atoms with Crippen LogP contribution >= 0.6 is 22.6 Å². The zero-order valence-electron chi connectivity index (χ0n) is 8.50. The molecule has 0 bridgehead atoms. The summed E-state index contributed by atoms with van der Waals surface area (Å²) < 4.78 is 1.02. The Bertz CT molecular complexity index is 398. The van der Waals surface area contributed by atoms with Crippen LogP contribution in [-0.2, 0) is 4.43 Å². The summed E-state index contributed by atoms with van der Waals surface area (Å²) in [5.74, 6) is 0. The smallest absolute Gasteiger partial charge is 0.0702 e. The molecule has 0 unspecified atom stereocenters. The second-order valence-electron chi connectivity index (χ2n) is 2.67. The molecule has 0 saturated carbocycles. The first-order valence-electron chi connectivity index (χ1n) is 4.80. The Balaban J connectivity index is 0.000000461. The third-order valence-electron chi connectivity index (χ3n) is 1.80. The Kier molecular flexibility index (Phi) is 4.87. The Morgan fingerprint density at radius 2 is 1.93 bits per heavy atom. The maximum absolute atomic E-state index is 4.35. The number of hydrogen-bond donors (Lipinski definition) is 0. The minimum atomic E-state index is 1.02. The van der Waals surface area contributed by atoms with Gasteiger partial charge in [0, 0.05) is 16.0 Å². The van der Waals surface area contributed by atoms with E-state index >= 15 is 0 Å². The third kappa shape index (κ3) is 2.67. The molecule has 1 aromatic carbocycles. The first-order chi connectivity index (χ1) is 6.90. The molecular formula is C12H14IN. The van der Waals surface area contributed by atoms with Crippen LogP contribution in [0.15, 0.2) is 36.5 Å². The van der Waals surface area contributed by atoms with Gasteiger partial charge in [-0.05, 0) is 17.7 Å². The van der Waals surface area contributed by atoms with E-state index in [2.05, 4.69) is 39.7 Å². The normalized spacial score (nSPS) is 9.36. The van der Waals surface area contributed by atoms with Gasteiger partial charge in [0.15, 0.2) is 0 Å². The van der Waals surface area contributed by atoms with Crippen molar-refractivity contribution < 1.29 is 0 Å². The summed E-state index contributed by atoms with van der Waals surface area (Å²) in [6.07, 6.45) is 1.94. The number of aromatic nitrogens is 1. The highest BCUT2D eigenvalue weighted by atomic mass is 127. The lowest BCUT2D eigenvalue weighted by molar-refractivity contribution is 1.33. The van der Waals surface area contributed by atoms with Gasteiger partial charge < -0.3 is 0 Å². The fraction of sp³-hybridized carbons (Fsp3) is 0.250. The van der Waals surface area contributed by atoms with Gasteiger partial charge in [-0.1, -0.05) is 54.6 Å². The maximum Gasteiger partial charge on any atom is 0.0702 e. The second kappa shape index (κ2) is 5.96. The third-order valence-corrected chi connectivity index (χ3v) is 2.68. The predicted octanol–water partition coefficient (Wildman–Crippen LogP) is 4.20. The molecule has 1 aromatic heterocycles. The molecule has 74 valence electrons. The Morgan fingerprint density at radius 3 is 2.64 bits per heavy atom. The number of nitrogens with zero attached hydrogens (tertiary/aromatic N) is 1. The molecule has 2 rings (SSSR count). The second-order valence-corrected chi connectivity index (χ2v) is 3.43. The fourth-order valence-corrected chi connectivity index (χ4v) is 1.61. The number of hydrogen-bond acceptors (Lipinski definition) is 1. The van der Waals surface area contributed by atoms with Gasteiger partial charge in [0.25, 0.3) is 0 Å². The molecule has 0 fully saturated rings. The molecule has 2 aromatic rings.